The van der Waals surface area contributed by atoms with Crippen molar-refractivity contribution in [3.8, 4) is 0 Å². The molecule has 0 aliphatic rings. The third-order valence-electron chi connectivity index (χ3n) is 2.21. The van der Waals surface area contributed by atoms with Gasteiger partial charge in [0.1, 0.15) is 0 Å². The normalized spacial score (nSPS) is 11.8. The maximum absolute atomic E-state index is 12.7. The Balaban J connectivity index is 2.81. The Morgan fingerprint density at radius 3 is 2.65 bits per heavy atom. The summed E-state index contributed by atoms with van der Waals surface area (Å²) in [6.45, 7) is 0.975. The Bertz CT molecular complexity index is 368. The lowest BCUT2D eigenvalue weighted by molar-refractivity contribution is -0.138. The van der Waals surface area contributed by atoms with Gasteiger partial charge in [0.15, 0.2) is 0 Å². The molecule has 0 saturated heterocycles. The molecule has 1 rings (SSSR count). The molecule has 1 aromatic carbocycles. The number of rotatable bonds is 5. The lowest BCUT2D eigenvalue weighted by Gasteiger charge is -2.14. The summed E-state index contributed by atoms with van der Waals surface area (Å²) >= 11 is 5.78. The van der Waals surface area contributed by atoms with E-state index in [-0.39, 0.29) is 17.1 Å². The van der Waals surface area contributed by atoms with E-state index >= 15 is 0 Å². The van der Waals surface area contributed by atoms with Gasteiger partial charge in [-0.3, -0.25) is 0 Å². The summed E-state index contributed by atoms with van der Waals surface area (Å²) in [4.78, 5) is 0. The van der Waals surface area contributed by atoms with Crippen molar-refractivity contribution in [2.45, 2.75) is 12.7 Å². The average molecular weight is 268 g/mol. The lowest BCUT2D eigenvalue weighted by atomic mass is 10.1. The van der Waals surface area contributed by atoms with E-state index in [0.717, 1.165) is 6.07 Å². The van der Waals surface area contributed by atoms with Crippen LogP contribution in [0.5, 0.6) is 0 Å². The number of alkyl halides is 3. The second-order valence-corrected chi connectivity index (χ2v) is 3.84. The molecular weight excluding hydrogens is 255 g/mol. The van der Waals surface area contributed by atoms with Crippen LogP contribution in [0.1, 0.15) is 11.1 Å². The Kier molecular flexibility index (Phi) is 5.24. The summed E-state index contributed by atoms with van der Waals surface area (Å²) < 4.78 is 42.9. The van der Waals surface area contributed by atoms with E-state index in [9.17, 15) is 13.2 Å². The molecule has 17 heavy (non-hydrogen) atoms. The first-order valence-electron chi connectivity index (χ1n) is 5.01. The van der Waals surface area contributed by atoms with Gasteiger partial charge in [0.25, 0.3) is 0 Å². The summed E-state index contributed by atoms with van der Waals surface area (Å²) in [6.07, 6.45) is -4.39. The molecule has 0 saturated carbocycles. The Morgan fingerprint density at radius 2 is 2.06 bits per heavy atom. The molecule has 0 bridgehead atoms. The summed E-state index contributed by atoms with van der Waals surface area (Å²) in [6, 6.07) is 3.77. The quantitative estimate of drug-likeness (QED) is 0.828. The van der Waals surface area contributed by atoms with Crippen molar-refractivity contribution in [1.29, 1.82) is 0 Å². The SMILES string of the molecule is COCCNCc1c(Cl)cccc1C(F)(F)F. The van der Waals surface area contributed by atoms with Crippen LogP contribution in [0.4, 0.5) is 13.2 Å². The van der Waals surface area contributed by atoms with Gasteiger partial charge in [0.2, 0.25) is 0 Å². The average Bonchev–Trinajstić information content (AvgIpc) is 2.24. The molecule has 0 aromatic heterocycles. The highest BCUT2D eigenvalue weighted by Crippen LogP contribution is 2.34. The predicted octanol–water partition coefficient (Wildman–Crippen LogP) is 3.09. The zero-order valence-corrected chi connectivity index (χ0v) is 10.0. The lowest BCUT2D eigenvalue weighted by Crippen LogP contribution is -2.21. The van der Waals surface area contributed by atoms with E-state index in [0.29, 0.717) is 13.2 Å². The van der Waals surface area contributed by atoms with Crippen LogP contribution in [0.25, 0.3) is 0 Å². The van der Waals surface area contributed by atoms with Gasteiger partial charge in [-0.1, -0.05) is 17.7 Å². The maximum atomic E-state index is 12.7. The third-order valence-corrected chi connectivity index (χ3v) is 2.56. The molecule has 2 nitrogen and oxygen atoms in total. The molecular formula is C11H13ClF3NO. The van der Waals surface area contributed by atoms with Gasteiger partial charge in [-0.2, -0.15) is 13.2 Å². The number of benzene rings is 1. The van der Waals surface area contributed by atoms with Crippen molar-refractivity contribution in [3.63, 3.8) is 0 Å². The first-order chi connectivity index (χ1) is 7.96. The maximum Gasteiger partial charge on any atom is 0.416 e. The minimum atomic E-state index is -4.39. The highest BCUT2D eigenvalue weighted by molar-refractivity contribution is 6.31. The number of methoxy groups -OCH3 is 1. The van der Waals surface area contributed by atoms with E-state index in [1.807, 2.05) is 0 Å². The van der Waals surface area contributed by atoms with Gasteiger partial charge in [-0.15, -0.1) is 0 Å². The number of hydrogen-bond donors (Lipinski definition) is 1. The molecule has 0 amide bonds. The first kappa shape index (κ1) is 14.3. The molecule has 6 heteroatoms. The molecule has 0 aliphatic carbocycles. The fourth-order valence-electron chi connectivity index (χ4n) is 1.39. The monoisotopic (exact) mass is 267 g/mol. The molecule has 0 atom stereocenters. The highest BCUT2D eigenvalue weighted by atomic mass is 35.5. The van der Waals surface area contributed by atoms with Crippen LogP contribution >= 0.6 is 11.6 Å². The predicted molar refractivity (Wildman–Crippen MR) is 60.0 cm³/mol. The molecule has 0 radical (unpaired) electrons. The fourth-order valence-corrected chi connectivity index (χ4v) is 1.63. The number of ether oxygens (including phenoxy) is 1. The van der Waals surface area contributed by atoms with Crippen molar-refractivity contribution < 1.29 is 17.9 Å². The topological polar surface area (TPSA) is 21.3 Å². The number of halogens is 4. The van der Waals surface area contributed by atoms with Gasteiger partial charge in [-0.05, 0) is 17.7 Å². The number of nitrogens with one attached hydrogen (secondary N) is 1. The summed E-state index contributed by atoms with van der Waals surface area (Å²) in [5.74, 6) is 0. The van der Waals surface area contributed by atoms with E-state index < -0.39 is 11.7 Å². The van der Waals surface area contributed by atoms with Gasteiger partial charge < -0.3 is 10.1 Å². The zero-order chi connectivity index (χ0) is 12.9. The molecule has 0 spiro atoms. The van der Waals surface area contributed by atoms with Crippen LogP contribution in [-0.2, 0) is 17.5 Å². The number of hydrogen-bond acceptors (Lipinski definition) is 2. The summed E-state index contributed by atoms with van der Waals surface area (Å²) in [7, 11) is 1.53. The smallest absolute Gasteiger partial charge is 0.383 e. The van der Waals surface area contributed by atoms with Gasteiger partial charge in [-0.25, -0.2) is 0 Å². The molecule has 0 heterocycles. The van der Waals surface area contributed by atoms with Crippen LogP contribution in [0.15, 0.2) is 18.2 Å². The van der Waals surface area contributed by atoms with E-state index in [1.165, 1.54) is 19.2 Å². The second kappa shape index (κ2) is 6.23. The van der Waals surface area contributed by atoms with E-state index in [2.05, 4.69) is 5.32 Å². The van der Waals surface area contributed by atoms with Crippen LogP contribution in [-0.4, -0.2) is 20.3 Å². The Morgan fingerprint density at radius 1 is 1.35 bits per heavy atom. The van der Waals surface area contributed by atoms with Crippen molar-refractivity contribution in [2.75, 3.05) is 20.3 Å². The molecule has 0 fully saturated rings. The van der Waals surface area contributed by atoms with E-state index in [4.69, 9.17) is 16.3 Å². The van der Waals surface area contributed by atoms with Crippen molar-refractivity contribution in [1.82, 2.24) is 5.32 Å². The largest absolute Gasteiger partial charge is 0.416 e. The summed E-state index contributed by atoms with van der Waals surface area (Å²) in [5.41, 5.74) is -0.632. The fraction of sp³-hybridized carbons (Fsp3) is 0.455. The van der Waals surface area contributed by atoms with Crippen LogP contribution in [0, 0.1) is 0 Å². The molecule has 0 unspecified atom stereocenters. The van der Waals surface area contributed by atoms with Crippen molar-refractivity contribution in [3.05, 3.63) is 34.3 Å². The summed E-state index contributed by atoms with van der Waals surface area (Å²) in [5, 5.41) is 2.96. The minimum absolute atomic E-state index is 0.0673. The molecule has 96 valence electrons. The Labute approximate surface area is 103 Å². The zero-order valence-electron chi connectivity index (χ0n) is 9.27. The van der Waals surface area contributed by atoms with Crippen LogP contribution in [0.2, 0.25) is 5.02 Å². The standard InChI is InChI=1S/C11H13ClF3NO/c1-17-6-5-16-7-8-9(11(13,14)15)3-2-4-10(8)12/h2-4,16H,5-7H2,1H3. The first-order valence-corrected chi connectivity index (χ1v) is 5.39. The van der Waals surface area contributed by atoms with Crippen molar-refractivity contribution in [2.24, 2.45) is 0 Å². The molecule has 0 aliphatic heterocycles. The van der Waals surface area contributed by atoms with Gasteiger partial charge >= 0.3 is 6.18 Å². The van der Waals surface area contributed by atoms with Crippen LogP contribution in [0.3, 0.4) is 0 Å². The van der Waals surface area contributed by atoms with E-state index in [1.54, 1.807) is 0 Å². The molecule has 1 aromatic rings. The second-order valence-electron chi connectivity index (χ2n) is 3.43. The minimum Gasteiger partial charge on any atom is -0.383 e. The Hall–Kier alpha value is -0.780. The van der Waals surface area contributed by atoms with Crippen molar-refractivity contribution >= 4 is 11.6 Å². The van der Waals surface area contributed by atoms with Gasteiger partial charge in [0.05, 0.1) is 12.2 Å². The third kappa shape index (κ3) is 4.18. The highest BCUT2D eigenvalue weighted by Gasteiger charge is 2.33. The molecule has 1 N–H and O–H groups in total. The van der Waals surface area contributed by atoms with Gasteiger partial charge in [0, 0.05) is 25.2 Å². The van der Waals surface area contributed by atoms with Crippen LogP contribution < -0.4 is 5.32 Å².